The van der Waals surface area contributed by atoms with Crippen LogP contribution in [0.3, 0.4) is 0 Å². The van der Waals surface area contributed by atoms with Gasteiger partial charge in [0.1, 0.15) is 5.82 Å². The van der Waals surface area contributed by atoms with E-state index in [1.54, 1.807) is 6.08 Å². The standard InChI is InChI=1S/C16H17FO2/c1-4-11(5-2)9-12(6-3)15-10-13(17)7-8-14(15)16(18)19/h4,6-10H,3,5H2,1-2H3,(H,18,19). The summed E-state index contributed by atoms with van der Waals surface area (Å²) in [5, 5.41) is 9.15. The number of halogens is 1. The molecule has 1 rings (SSSR count). The minimum absolute atomic E-state index is 0.0686. The van der Waals surface area contributed by atoms with Crippen LogP contribution in [0.4, 0.5) is 4.39 Å². The summed E-state index contributed by atoms with van der Waals surface area (Å²) in [6, 6.07) is 3.63. The van der Waals surface area contributed by atoms with Gasteiger partial charge in [-0.1, -0.05) is 37.3 Å². The zero-order valence-electron chi connectivity index (χ0n) is 11.1. The van der Waals surface area contributed by atoms with E-state index in [0.717, 1.165) is 18.1 Å². The van der Waals surface area contributed by atoms with Gasteiger partial charge in [0.25, 0.3) is 0 Å². The van der Waals surface area contributed by atoms with Gasteiger partial charge < -0.3 is 5.11 Å². The van der Waals surface area contributed by atoms with Crippen LogP contribution in [0.2, 0.25) is 0 Å². The molecule has 0 heterocycles. The SMILES string of the molecule is C=CC(=CC(=CC)CC)c1cc(F)ccc1C(=O)O. The smallest absolute Gasteiger partial charge is 0.336 e. The van der Waals surface area contributed by atoms with Crippen molar-refractivity contribution in [1.82, 2.24) is 0 Å². The molecule has 0 aliphatic carbocycles. The Bertz CT molecular complexity index is 554. The van der Waals surface area contributed by atoms with E-state index in [-0.39, 0.29) is 5.56 Å². The summed E-state index contributed by atoms with van der Waals surface area (Å²) in [6.07, 6.45) is 6.11. The molecular formula is C16H17FO2. The lowest BCUT2D eigenvalue weighted by Gasteiger charge is -2.08. The van der Waals surface area contributed by atoms with Crippen LogP contribution in [0.25, 0.3) is 5.57 Å². The molecule has 0 atom stereocenters. The fourth-order valence-corrected chi connectivity index (χ4v) is 1.78. The monoisotopic (exact) mass is 260 g/mol. The van der Waals surface area contributed by atoms with Gasteiger partial charge in [-0.25, -0.2) is 9.18 Å². The predicted octanol–water partition coefficient (Wildman–Crippen LogP) is 4.45. The van der Waals surface area contributed by atoms with Crippen LogP contribution in [0.5, 0.6) is 0 Å². The van der Waals surface area contributed by atoms with Gasteiger partial charge in [0.15, 0.2) is 0 Å². The predicted molar refractivity (Wildman–Crippen MR) is 75.6 cm³/mol. The van der Waals surface area contributed by atoms with Crippen LogP contribution in [-0.2, 0) is 0 Å². The second-order valence-electron chi connectivity index (χ2n) is 4.02. The second-order valence-corrected chi connectivity index (χ2v) is 4.02. The molecule has 0 aliphatic rings. The Morgan fingerprint density at radius 2 is 2.11 bits per heavy atom. The van der Waals surface area contributed by atoms with E-state index < -0.39 is 11.8 Å². The van der Waals surface area contributed by atoms with Crippen LogP contribution in [0, 0.1) is 5.82 Å². The lowest BCUT2D eigenvalue weighted by atomic mass is 9.97. The van der Waals surface area contributed by atoms with E-state index in [0.29, 0.717) is 11.1 Å². The molecule has 19 heavy (non-hydrogen) atoms. The summed E-state index contributed by atoms with van der Waals surface area (Å²) < 4.78 is 13.3. The zero-order chi connectivity index (χ0) is 14.4. The molecule has 2 nitrogen and oxygen atoms in total. The third-order valence-corrected chi connectivity index (χ3v) is 2.86. The van der Waals surface area contributed by atoms with E-state index in [2.05, 4.69) is 6.58 Å². The van der Waals surface area contributed by atoms with Crippen molar-refractivity contribution in [2.45, 2.75) is 20.3 Å². The molecule has 0 saturated heterocycles. The van der Waals surface area contributed by atoms with Crippen LogP contribution < -0.4 is 0 Å². The quantitative estimate of drug-likeness (QED) is 0.794. The zero-order valence-corrected chi connectivity index (χ0v) is 11.1. The summed E-state index contributed by atoms with van der Waals surface area (Å²) in [4.78, 5) is 11.2. The Morgan fingerprint density at radius 3 is 2.58 bits per heavy atom. The Morgan fingerprint density at radius 1 is 1.42 bits per heavy atom. The molecule has 0 aliphatic heterocycles. The topological polar surface area (TPSA) is 37.3 Å². The van der Waals surface area contributed by atoms with Crippen LogP contribution in [-0.4, -0.2) is 11.1 Å². The summed E-state index contributed by atoms with van der Waals surface area (Å²) in [6.45, 7) is 7.58. The highest BCUT2D eigenvalue weighted by molar-refractivity contribution is 5.95. The van der Waals surface area contributed by atoms with Gasteiger partial charge >= 0.3 is 5.97 Å². The largest absolute Gasteiger partial charge is 0.478 e. The van der Waals surface area contributed by atoms with E-state index in [1.165, 1.54) is 12.1 Å². The van der Waals surface area contributed by atoms with E-state index in [9.17, 15) is 9.18 Å². The average molecular weight is 260 g/mol. The number of carboxylic acid groups (broad SMARTS) is 1. The average Bonchev–Trinajstić information content (AvgIpc) is 2.40. The van der Waals surface area contributed by atoms with Gasteiger partial charge in [-0.15, -0.1) is 0 Å². The van der Waals surface area contributed by atoms with Gasteiger partial charge in [0.05, 0.1) is 5.56 Å². The number of hydrogen-bond acceptors (Lipinski definition) is 1. The summed E-state index contributed by atoms with van der Waals surface area (Å²) in [5.74, 6) is -1.55. The third kappa shape index (κ3) is 3.65. The van der Waals surface area contributed by atoms with Crippen molar-refractivity contribution in [2.75, 3.05) is 0 Å². The summed E-state index contributed by atoms with van der Waals surface area (Å²) in [7, 11) is 0. The number of benzene rings is 1. The van der Waals surface area contributed by atoms with Gasteiger partial charge in [-0.3, -0.25) is 0 Å². The van der Waals surface area contributed by atoms with Crippen molar-refractivity contribution in [2.24, 2.45) is 0 Å². The maximum atomic E-state index is 13.3. The molecule has 1 N–H and O–H groups in total. The first-order valence-electron chi connectivity index (χ1n) is 6.06. The molecule has 0 amide bonds. The van der Waals surface area contributed by atoms with Crippen molar-refractivity contribution in [1.29, 1.82) is 0 Å². The van der Waals surface area contributed by atoms with Gasteiger partial charge in [-0.05, 0) is 42.7 Å². The number of aromatic carboxylic acids is 1. The van der Waals surface area contributed by atoms with Gasteiger partial charge in [0.2, 0.25) is 0 Å². The maximum absolute atomic E-state index is 13.3. The summed E-state index contributed by atoms with van der Waals surface area (Å²) in [5.41, 5.74) is 2.05. The van der Waals surface area contributed by atoms with Crippen LogP contribution in [0.15, 0.2) is 48.6 Å². The molecule has 0 saturated carbocycles. The molecule has 0 spiro atoms. The third-order valence-electron chi connectivity index (χ3n) is 2.86. The minimum atomic E-state index is -1.08. The fraction of sp³-hybridized carbons (Fsp3) is 0.188. The number of allylic oxidation sites excluding steroid dienone is 5. The van der Waals surface area contributed by atoms with Crippen molar-refractivity contribution in [3.8, 4) is 0 Å². The minimum Gasteiger partial charge on any atom is -0.478 e. The number of carbonyl (C=O) groups is 1. The first kappa shape index (κ1) is 14.9. The number of carboxylic acids is 1. The summed E-state index contributed by atoms with van der Waals surface area (Å²) >= 11 is 0. The highest BCUT2D eigenvalue weighted by atomic mass is 19.1. The van der Waals surface area contributed by atoms with E-state index >= 15 is 0 Å². The molecule has 3 heteroatoms. The second kappa shape index (κ2) is 6.69. The first-order valence-corrected chi connectivity index (χ1v) is 6.06. The molecule has 0 fully saturated rings. The fourth-order valence-electron chi connectivity index (χ4n) is 1.78. The molecular weight excluding hydrogens is 243 g/mol. The molecule has 0 unspecified atom stereocenters. The molecule has 0 radical (unpaired) electrons. The lowest BCUT2D eigenvalue weighted by molar-refractivity contribution is 0.0696. The van der Waals surface area contributed by atoms with Crippen molar-refractivity contribution < 1.29 is 14.3 Å². The number of hydrogen-bond donors (Lipinski definition) is 1. The molecule has 1 aromatic rings. The molecule has 0 aromatic heterocycles. The lowest BCUT2D eigenvalue weighted by Crippen LogP contribution is -2.02. The van der Waals surface area contributed by atoms with Crippen molar-refractivity contribution >= 4 is 11.5 Å². The Hall–Kier alpha value is -2.16. The molecule has 100 valence electrons. The van der Waals surface area contributed by atoms with Gasteiger partial charge in [-0.2, -0.15) is 0 Å². The first-order chi connectivity index (χ1) is 9.03. The van der Waals surface area contributed by atoms with Crippen molar-refractivity contribution in [3.05, 3.63) is 65.5 Å². The maximum Gasteiger partial charge on any atom is 0.336 e. The molecule has 1 aromatic carbocycles. The van der Waals surface area contributed by atoms with E-state index in [4.69, 9.17) is 5.11 Å². The van der Waals surface area contributed by atoms with Gasteiger partial charge in [0, 0.05) is 0 Å². The molecule has 0 bridgehead atoms. The van der Waals surface area contributed by atoms with Crippen LogP contribution >= 0.6 is 0 Å². The Kier molecular flexibility index (Phi) is 5.24. The normalized spacial score (nSPS) is 12.4. The van der Waals surface area contributed by atoms with Crippen molar-refractivity contribution in [3.63, 3.8) is 0 Å². The Balaban J connectivity index is 3.44. The Labute approximate surface area is 112 Å². The number of rotatable bonds is 5. The highest BCUT2D eigenvalue weighted by Gasteiger charge is 2.13. The highest BCUT2D eigenvalue weighted by Crippen LogP contribution is 2.24. The van der Waals surface area contributed by atoms with E-state index in [1.807, 2.05) is 26.0 Å². The van der Waals surface area contributed by atoms with Crippen LogP contribution in [0.1, 0.15) is 36.2 Å².